The Hall–Kier alpha value is -3.88. The lowest BCUT2D eigenvalue weighted by Crippen LogP contribution is -2.55. The Kier molecular flexibility index (Phi) is 5.37. The summed E-state index contributed by atoms with van der Waals surface area (Å²) in [5, 5.41) is 6.49. The van der Waals surface area contributed by atoms with Crippen molar-refractivity contribution in [1.29, 1.82) is 0 Å². The quantitative estimate of drug-likeness (QED) is 0.452. The number of Topliss-reactive ketones (excluding diaryl/α,β-unsaturated/α-hetero) is 1. The first-order chi connectivity index (χ1) is 19.3. The van der Waals surface area contributed by atoms with Crippen LogP contribution in [0.5, 0.6) is 11.5 Å². The molecule has 3 aromatic rings. The van der Waals surface area contributed by atoms with Gasteiger partial charge >= 0.3 is 0 Å². The number of benzene rings is 3. The second-order valence-electron chi connectivity index (χ2n) is 11.0. The average Bonchev–Trinajstić information content (AvgIpc) is 3.67. The van der Waals surface area contributed by atoms with Gasteiger partial charge in [-0.3, -0.25) is 19.3 Å². The van der Waals surface area contributed by atoms with E-state index in [1.54, 1.807) is 24.3 Å². The van der Waals surface area contributed by atoms with Crippen LogP contribution < -0.4 is 20.1 Å². The lowest BCUT2D eigenvalue weighted by Gasteiger charge is -2.38. The number of carbonyl (C=O) groups excluding carboxylic acids is 3. The molecule has 4 aliphatic heterocycles. The molecule has 0 aliphatic carbocycles. The molecule has 2 spiro atoms. The summed E-state index contributed by atoms with van der Waals surface area (Å²) in [4.78, 5) is 46.0. The minimum absolute atomic E-state index is 0.263. The molecule has 4 aliphatic rings. The zero-order valence-electron chi connectivity index (χ0n) is 22.3. The van der Waals surface area contributed by atoms with E-state index in [0.29, 0.717) is 52.0 Å². The van der Waals surface area contributed by atoms with Crippen molar-refractivity contribution >= 4 is 40.6 Å². The molecule has 2 amide bonds. The fourth-order valence-corrected chi connectivity index (χ4v) is 8.21. The predicted molar refractivity (Wildman–Crippen MR) is 150 cm³/mol. The Morgan fingerprint density at radius 1 is 0.975 bits per heavy atom. The van der Waals surface area contributed by atoms with E-state index in [-0.39, 0.29) is 23.6 Å². The van der Waals surface area contributed by atoms with Crippen molar-refractivity contribution < 1.29 is 23.9 Å². The second-order valence-corrected chi connectivity index (χ2v) is 11.4. The second kappa shape index (κ2) is 8.56. The fourth-order valence-electron chi connectivity index (χ4n) is 7.89. The van der Waals surface area contributed by atoms with Gasteiger partial charge in [0.2, 0.25) is 11.8 Å². The van der Waals surface area contributed by atoms with Crippen LogP contribution in [-0.2, 0) is 20.5 Å². The van der Waals surface area contributed by atoms with E-state index in [1.165, 1.54) is 14.2 Å². The van der Waals surface area contributed by atoms with Gasteiger partial charge in [-0.15, -0.1) is 0 Å². The molecule has 8 nitrogen and oxygen atoms in total. The van der Waals surface area contributed by atoms with Crippen LogP contribution in [0.1, 0.15) is 39.9 Å². The summed E-state index contributed by atoms with van der Waals surface area (Å²) in [5.41, 5.74) is 1.01. The van der Waals surface area contributed by atoms with E-state index < -0.39 is 16.9 Å². The number of aryl methyl sites for hydroxylation is 1. The van der Waals surface area contributed by atoms with Crippen LogP contribution in [0.25, 0.3) is 0 Å². The van der Waals surface area contributed by atoms with E-state index in [2.05, 4.69) is 15.5 Å². The molecule has 7 rings (SSSR count). The van der Waals surface area contributed by atoms with Crippen molar-refractivity contribution in [2.45, 2.75) is 36.8 Å². The Labute approximate surface area is 236 Å². The Morgan fingerprint density at radius 2 is 1.75 bits per heavy atom. The van der Waals surface area contributed by atoms with Crippen molar-refractivity contribution in [1.82, 2.24) is 4.90 Å². The van der Waals surface area contributed by atoms with Gasteiger partial charge in [-0.25, -0.2) is 0 Å². The van der Waals surface area contributed by atoms with E-state index in [9.17, 15) is 9.59 Å². The van der Waals surface area contributed by atoms with Gasteiger partial charge in [0, 0.05) is 22.9 Å². The number of para-hydroxylation sites is 1. The molecule has 2 fully saturated rings. The monoisotopic (exact) mass is 557 g/mol. The first-order valence-electron chi connectivity index (χ1n) is 13.4. The number of hydrogen-bond donors (Lipinski definition) is 2. The largest absolute Gasteiger partial charge is 0.493 e. The average molecular weight is 558 g/mol. The molecule has 0 bridgehead atoms. The van der Waals surface area contributed by atoms with E-state index in [0.717, 1.165) is 17.5 Å². The van der Waals surface area contributed by atoms with Crippen LogP contribution in [0.4, 0.5) is 11.4 Å². The van der Waals surface area contributed by atoms with Gasteiger partial charge < -0.3 is 20.1 Å². The highest BCUT2D eigenvalue weighted by Crippen LogP contribution is 2.66. The summed E-state index contributed by atoms with van der Waals surface area (Å²) in [6, 6.07) is 15.8. The fraction of sp³-hybridized carbons (Fsp3) is 0.323. The molecular formula is C31H28ClN3O5. The standard InChI is InChI=1S/C31H28ClN3O5/c1-16-13-19-25(20(32)14-16)34-29(38)31(19)27(26(36)17-10-11-22(39-2)23(15-17)40-3)30(24-9-6-12-35(24)31)18-7-4-5-8-21(18)33-28(30)37/h4-5,7-8,10-11,13-15,24,27H,6,9,12H2,1-3H3,(H,33,37)(H,34,38)/t24-,27+,30-,31+/m1/s1. The topological polar surface area (TPSA) is 97.0 Å². The third kappa shape index (κ3) is 2.87. The van der Waals surface area contributed by atoms with Crippen LogP contribution in [0.3, 0.4) is 0 Å². The summed E-state index contributed by atoms with van der Waals surface area (Å²) >= 11 is 6.70. The summed E-state index contributed by atoms with van der Waals surface area (Å²) in [7, 11) is 3.04. The number of carbonyl (C=O) groups is 3. The Morgan fingerprint density at radius 3 is 2.52 bits per heavy atom. The number of halogens is 1. The van der Waals surface area contributed by atoms with Crippen molar-refractivity contribution in [3.8, 4) is 11.5 Å². The van der Waals surface area contributed by atoms with Crippen LogP contribution in [-0.4, -0.2) is 49.3 Å². The molecule has 2 N–H and O–H groups in total. The molecule has 2 saturated heterocycles. The van der Waals surface area contributed by atoms with Crippen molar-refractivity contribution in [2.75, 3.05) is 31.4 Å². The maximum Gasteiger partial charge on any atom is 0.250 e. The number of amides is 2. The smallest absolute Gasteiger partial charge is 0.250 e. The van der Waals surface area contributed by atoms with Crippen molar-refractivity contribution in [3.63, 3.8) is 0 Å². The molecule has 0 unspecified atom stereocenters. The lowest BCUT2D eigenvalue weighted by molar-refractivity contribution is -0.128. The summed E-state index contributed by atoms with van der Waals surface area (Å²) < 4.78 is 10.9. The molecule has 4 atom stereocenters. The Balaban J connectivity index is 1.57. The molecule has 0 saturated carbocycles. The molecule has 0 aromatic heterocycles. The minimum Gasteiger partial charge on any atom is -0.493 e. The van der Waals surface area contributed by atoms with Gasteiger partial charge in [0.05, 0.1) is 30.8 Å². The molecule has 4 heterocycles. The number of ether oxygens (including phenoxy) is 2. The maximum atomic E-state index is 15.0. The highest BCUT2D eigenvalue weighted by atomic mass is 35.5. The van der Waals surface area contributed by atoms with E-state index in [1.807, 2.05) is 37.3 Å². The predicted octanol–water partition coefficient (Wildman–Crippen LogP) is 4.68. The third-order valence-electron chi connectivity index (χ3n) is 9.26. The van der Waals surface area contributed by atoms with Gasteiger partial charge in [0.15, 0.2) is 17.3 Å². The lowest BCUT2D eigenvalue weighted by atomic mass is 9.60. The number of rotatable bonds is 4. The number of anilines is 2. The van der Waals surface area contributed by atoms with Crippen LogP contribution in [0, 0.1) is 12.8 Å². The van der Waals surface area contributed by atoms with Crippen LogP contribution >= 0.6 is 11.6 Å². The van der Waals surface area contributed by atoms with Crippen molar-refractivity contribution in [2.24, 2.45) is 5.92 Å². The van der Waals surface area contributed by atoms with Crippen LogP contribution in [0.15, 0.2) is 54.6 Å². The number of fused-ring (bicyclic) bond motifs is 7. The molecule has 40 heavy (non-hydrogen) atoms. The number of nitrogens with one attached hydrogen (secondary N) is 2. The Bertz CT molecular complexity index is 1640. The van der Waals surface area contributed by atoms with Gasteiger partial charge in [0.1, 0.15) is 11.0 Å². The van der Waals surface area contributed by atoms with Gasteiger partial charge in [-0.05, 0) is 67.8 Å². The molecule has 3 aromatic carbocycles. The number of ketones is 1. The number of hydrogen-bond acceptors (Lipinski definition) is 6. The van der Waals surface area contributed by atoms with Gasteiger partial charge in [-0.2, -0.15) is 0 Å². The van der Waals surface area contributed by atoms with Gasteiger partial charge in [-0.1, -0.05) is 35.9 Å². The zero-order valence-corrected chi connectivity index (χ0v) is 23.1. The molecule has 204 valence electrons. The minimum atomic E-state index is -1.44. The molecule has 0 radical (unpaired) electrons. The summed E-state index contributed by atoms with van der Waals surface area (Å²) in [6.07, 6.45) is 1.46. The zero-order chi connectivity index (χ0) is 28.0. The normalized spacial score (nSPS) is 27.9. The molecule has 9 heteroatoms. The molecular weight excluding hydrogens is 530 g/mol. The number of nitrogens with zero attached hydrogens (tertiary/aromatic N) is 1. The first-order valence-corrected chi connectivity index (χ1v) is 13.7. The maximum absolute atomic E-state index is 15.0. The summed E-state index contributed by atoms with van der Waals surface area (Å²) in [5.74, 6) is -1.13. The highest BCUT2D eigenvalue weighted by molar-refractivity contribution is 6.35. The van der Waals surface area contributed by atoms with Crippen molar-refractivity contribution in [3.05, 3.63) is 81.9 Å². The van der Waals surface area contributed by atoms with E-state index in [4.69, 9.17) is 21.1 Å². The third-order valence-corrected chi connectivity index (χ3v) is 9.56. The number of methoxy groups -OCH3 is 2. The first kappa shape index (κ1) is 25.1. The van der Waals surface area contributed by atoms with Crippen LogP contribution in [0.2, 0.25) is 5.02 Å². The summed E-state index contributed by atoms with van der Waals surface area (Å²) in [6.45, 7) is 2.48. The van der Waals surface area contributed by atoms with Gasteiger partial charge in [0.25, 0.3) is 0 Å². The SMILES string of the molecule is COc1ccc(C(=O)[C@H]2[C@]3(C(=O)Nc4ccccc43)[C@H]3CCCN3[C@]23C(=O)Nc2c(Cl)cc(C)cc23)cc1OC. The highest BCUT2D eigenvalue weighted by Gasteiger charge is 2.79. The van der Waals surface area contributed by atoms with E-state index >= 15 is 4.79 Å².